The fraction of sp³-hybridized carbons (Fsp3) is 0.857. The van der Waals surface area contributed by atoms with Gasteiger partial charge in [0.2, 0.25) is 0 Å². The van der Waals surface area contributed by atoms with Crippen molar-refractivity contribution in [3.63, 3.8) is 0 Å². The summed E-state index contributed by atoms with van der Waals surface area (Å²) in [6.45, 7) is 12.1. The van der Waals surface area contributed by atoms with Gasteiger partial charge in [0.15, 0.2) is 0 Å². The van der Waals surface area contributed by atoms with Crippen molar-refractivity contribution in [2.75, 3.05) is 0 Å². The fourth-order valence-electron chi connectivity index (χ4n) is 0.954. The quantitative estimate of drug-likeness (QED) is 0.778. The Kier molecular flexibility index (Phi) is 12.7. The van der Waals surface area contributed by atoms with Crippen LogP contribution in [0.1, 0.15) is 67.2 Å². The molecule has 0 fully saturated rings. The van der Waals surface area contributed by atoms with E-state index < -0.39 is 11.9 Å². The van der Waals surface area contributed by atoms with Crippen LogP contribution in [0.5, 0.6) is 0 Å². The third-order valence-corrected chi connectivity index (χ3v) is 2.16. The Bertz CT molecular complexity index is 234. The molecule has 0 saturated carbocycles. The van der Waals surface area contributed by atoms with E-state index in [2.05, 4.69) is 0 Å². The number of carboxylic acid groups (broad SMARTS) is 2. The number of hydrogen-bond donors (Lipinski definition) is 0. The minimum atomic E-state index is -0.954. The minimum absolute atomic E-state index is 0. The van der Waals surface area contributed by atoms with E-state index in [1.807, 2.05) is 41.5 Å². The molecule has 0 aromatic carbocycles. The molecule has 0 aromatic heterocycles. The minimum Gasteiger partial charge on any atom is -0.550 e. The predicted molar refractivity (Wildman–Crippen MR) is 67.4 cm³/mol. The van der Waals surface area contributed by atoms with Gasteiger partial charge in [-0.25, -0.2) is 0 Å². The maximum absolute atomic E-state index is 9.93. The molecule has 0 N–H and O–H groups in total. The van der Waals surface area contributed by atoms with Gasteiger partial charge >= 0.3 is 16.8 Å². The second-order valence-electron chi connectivity index (χ2n) is 6.87. The van der Waals surface area contributed by atoms with Crippen LogP contribution in [0.3, 0.4) is 0 Å². The summed E-state index contributed by atoms with van der Waals surface area (Å²) in [5, 5.41) is 19.9. The first kappa shape index (κ1) is 23.5. The van der Waals surface area contributed by atoms with Crippen molar-refractivity contribution in [2.24, 2.45) is 10.8 Å². The van der Waals surface area contributed by atoms with Crippen molar-refractivity contribution in [3.05, 3.63) is 0 Å². The van der Waals surface area contributed by atoms with Gasteiger partial charge in [0, 0.05) is 11.9 Å². The Balaban J connectivity index is -0.000000256. The zero-order valence-corrected chi connectivity index (χ0v) is 13.8. The summed E-state index contributed by atoms with van der Waals surface area (Å²) < 4.78 is 0. The summed E-state index contributed by atoms with van der Waals surface area (Å²) >= 11 is 0. The fourth-order valence-corrected chi connectivity index (χ4v) is 0.954. The molecule has 1 radical (unpaired) electrons. The molecule has 0 bridgehead atoms. The molecule has 4 nitrogen and oxygen atoms in total. The molecule has 5 heteroatoms. The smallest absolute Gasteiger partial charge is 0.550 e. The monoisotopic (exact) mass is 317 g/mol. The molecule has 0 heterocycles. The van der Waals surface area contributed by atoms with Crippen LogP contribution in [-0.4, -0.2) is 11.9 Å². The first-order valence-corrected chi connectivity index (χ1v) is 6.23. The van der Waals surface area contributed by atoms with Crippen LogP contribution >= 0.6 is 0 Å². The average molecular weight is 317 g/mol. The number of aliphatic carboxylic acids is 2. The summed E-state index contributed by atoms with van der Waals surface area (Å²) in [7, 11) is 0. The number of hydrogen-bond acceptors (Lipinski definition) is 4. The first-order valence-electron chi connectivity index (χ1n) is 6.23. The van der Waals surface area contributed by atoms with Crippen LogP contribution in [-0.2, 0) is 26.4 Å². The number of carboxylic acids is 2. The zero-order valence-electron chi connectivity index (χ0n) is 12.8. The molecule has 19 heavy (non-hydrogen) atoms. The second-order valence-corrected chi connectivity index (χ2v) is 6.87. The molecule has 0 aliphatic rings. The van der Waals surface area contributed by atoms with E-state index in [-0.39, 0.29) is 40.5 Å². The Hall–Kier alpha value is -0.554. The maximum atomic E-state index is 9.93. The third-order valence-electron chi connectivity index (χ3n) is 2.16. The van der Waals surface area contributed by atoms with Gasteiger partial charge in [0.25, 0.3) is 0 Å². The van der Waals surface area contributed by atoms with E-state index in [9.17, 15) is 19.8 Å². The van der Waals surface area contributed by atoms with Gasteiger partial charge in [-0.1, -0.05) is 41.5 Å². The largest absolute Gasteiger partial charge is 2.00 e. The molecular formula is C14H26CoO4. The zero-order chi connectivity index (χ0) is 15.0. The van der Waals surface area contributed by atoms with E-state index in [4.69, 9.17) is 0 Å². The molecule has 0 aliphatic carbocycles. The Morgan fingerprint density at radius 1 is 0.737 bits per heavy atom. The van der Waals surface area contributed by atoms with Crippen molar-refractivity contribution in [1.82, 2.24) is 0 Å². The van der Waals surface area contributed by atoms with Crippen LogP contribution in [0.4, 0.5) is 0 Å². The Morgan fingerprint density at radius 3 is 1.00 bits per heavy atom. The number of carbonyl (C=O) groups is 2. The molecule has 0 aromatic rings. The first-order chi connectivity index (χ1) is 7.83. The van der Waals surface area contributed by atoms with Gasteiger partial charge in [0.1, 0.15) is 0 Å². The summed E-state index contributed by atoms with van der Waals surface area (Å²) in [5.74, 6) is -1.91. The Labute approximate surface area is 127 Å². The van der Waals surface area contributed by atoms with Gasteiger partial charge in [0.05, 0.1) is 0 Å². The second kappa shape index (κ2) is 10.3. The molecule has 0 unspecified atom stereocenters. The van der Waals surface area contributed by atoms with E-state index in [0.29, 0.717) is 12.8 Å². The van der Waals surface area contributed by atoms with Crippen LogP contribution in [0.2, 0.25) is 0 Å². The standard InChI is InChI=1S/2C7H14O2.Co/c2*1-7(2,3)5-4-6(8)9;/h2*4-5H2,1-3H3,(H,8,9);/q;;+2/p-2. The molecule has 0 rings (SSSR count). The van der Waals surface area contributed by atoms with Crippen molar-refractivity contribution < 1.29 is 36.6 Å². The normalized spacial score (nSPS) is 10.8. The maximum Gasteiger partial charge on any atom is 2.00 e. The van der Waals surface area contributed by atoms with E-state index in [1.165, 1.54) is 0 Å². The molecule has 0 spiro atoms. The Morgan fingerprint density at radius 2 is 0.947 bits per heavy atom. The van der Waals surface area contributed by atoms with Crippen molar-refractivity contribution in [2.45, 2.75) is 67.2 Å². The summed E-state index contributed by atoms with van der Waals surface area (Å²) in [5.41, 5.74) is 0.222. The topological polar surface area (TPSA) is 80.3 Å². The number of carbonyl (C=O) groups excluding carboxylic acids is 2. The number of rotatable bonds is 4. The van der Waals surface area contributed by atoms with E-state index >= 15 is 0 Å². The third kappa shape index (κ3) is 31.8. The van der Waals surface area contributed by atoms with Crippen LogP contribution in [0.15, 0.2) is 0 Å². The summed E-state index contributed by atoms with van der Waals surface area (Å²) in [4.78, 5) is 19.9. The van der Waals surface area contributed by atoms with Gasteiger partial charge in [-0.15, -0.1) is 0 Å². The molecule has 115 valence electrons. The van der Waals surface area contributed by atoms with E-state index in [0.717, 1.165) is 0 Å². The molecule has 0 saturated heterocycles. The summed E-state index contributed by atoms with van der Waals surface area (Å²) in [6, 6.07) is 0. The molecule has 0 atom stereocenters. The van der Waals surface area contributed by atoms with Gasteiger partial charge < -0.3 is 19.8 Å². The van der Waals surface area contributed by atoms with Crippen molar-refractivity contribution in [3.8, 4) is 0 Å². The molecule has 0 aliphatic heterocycles. The van der Waals surface area contributed by atoms with E-state index in [1.54, 1.807) is 0 Å². The van der Waals surface area contributed by atoms with Gasteiger partial charge in [-0.3, -0.25) is 0 Å². The van der Waals surface area contributed by atoms with Crippen molar-refractivity contribution >= 4 is 11.9 Å². The molecular weight excluding hydrogens is 291 g/mol. The SMILES string of the molecule is CC(C)(C)CCC(=O)[O-].CC(C)(C)CCC(=O)[O-].[Co+2]. The molecule has 0 amide bonds. The summed E-state index contributed by atoms with van der Waals surface area (Å²) in [6.07, 6.45) is 1.72. The van der Waals surface area contributed by atoms with Crippen LogP contribution in [0, 0.1) is 10.8 Å². The van der Waals surface area contributed by atoms with Crippen LogP contribution in [0.25, 0.3) is 0 Å². The van der Waals surface area contributed by atoms with Gasteiger partial charge in [-0.2, -0.15) is 0 Å². The van der Waals surface area contributed by atoms with Crippen molar-refractivity contribution in [1.29, 1.82) is 0 Å². The predicted octanol–water partition coefficient (Wildman–Crippen LogP) is 1.12. The van der Waals surface area contributed by atoms with Crippen LogP contribution < -0.4 is 10.2 Å². The average Bonchev–Trinajstić information content (AvgIpc) is 2.10. The van der Waals surface area contributed by atoms with Gasteiger partial charge in [-0.05, 0) is 36.5 Å².